The van der Waals surface area contributed by atoms with Crippen LogP contribution in [0.1, 0.15) is 16.7 Å². The summed E-state index contributed by atoms with van der Waals surface area (Å²) in [6, 6.07) is 13.9. The van der Waals surface area contributed by atoms with Crippen molar-refractivity contribution in [3.8, 4) is 0 Å². The quantitative estimate of drug-likeness (QED) is 0.496. The molecule has 3 aromatic rings. The first-order valence-corrected chi connectivity index (χ1v) is 9.62. The van der Waals surface area contributed by atoms with Crippen LogP contribution in [0.25, 0.3) is 0 Å². The minimum Gasteiger partial charge on any atom is -0.332 e. The number of rotatable bonds is 4. The number of thiocarbonyl (C=S) groups is 1. The van der Waals surface area contributed by atoms with E-state index in [0.29, 0.717) is 17.5 Å². The molecule has 0 atom stereocenters. The van der Waals surface area contributed by atoms with E-state index in [9.17, 15) is 0 Å². The summed E-state index contributed by atoms with van der Waals surface area (Å²) in [6.45, 7) is 4.67. The van der Waals surface area contributed by atoms with Gasteiger partial charge in [0, 0.05) is 16.9 Å². The highest BCUT2D eigenvalue weighted by Crippen LogP contribution is 2.23. The molecule has 0 bridgehead atoms. The molecule has 26 heavy (non-hydrogen) atoms. The van der Waals surface area contributed by atoms with E-state index >= 15 is 0 Å². The Morgan fingerprint density at radius 2 is 1.96 bits per heavy atom. The van der Waals surface area contributed by atoms with Gasteiger partial charge >= 0.3 is 0 Å². The molecule has 3 rings (SSSR count). The topological polar surface area (TPSA) is 41.9 Å². The molecule has 1 aromatic heterocycles. The Labute approximate surface area is 171 Å². The standard InChI is InChI=1S/C19H18BrClN4S/c1-12-7-8-13(2)17(9-12)22-19(26)23-18-15(20)11-25(24-18)10-14-5-3-4-6-16(14)21/h3-9,11H,10H2,1-2H3,(H2,22,23,24,26). The monoisotopic (exact) mass is 448 g/mol. The van der Waals surface area contributed by atoms with Gasteiger partial charge in [-0.1, -0.05) is 41.9 Å². The van der Waals surface area contributed by atoms with Crippen LogP contribution in [0.4, 0.5) is 11.5 Å². The first-order chi connectivity index (χ1) is 12.4. The second-order valence-corrected chi connectivity index (χ2v) is 7.68. The number of halogens is 2. The first kappa shape index (κ1) is 18.9. The molecule has 7 heteroatoms. The van der Waals surface area contributed by atoms with Crippen molar-refractivity contribution in [1.29, 1.82) is 0 Å². The fraction of sp³-hybridized carbons (Fsp3) is 0.158. The molecular formula is C19H18BrClN4S. The highest BCUT2D eigenvalue weighted by molar-refractivity contribution is 9.10. The van der Waals surface area contributed by atoms with Crippen molar-refractivity contribution in [2.24, 2.45) is 0 Å². The lowest BCUT2D eigenvalue weighted by atomic mass is 10.1. The molecular weight excluding hydrogens is 432 g/mol. The fourth-order valence-corrected chi connectivity index (χ4v) is 3.31. The third kappa shape index (κ3) is 4.63. The molecule has 0 spiro atoms. The molecule has 2 N–H and O–H groups in total. The number of aryl methyl sites for hydroxylation is 2. The second kappa shape index (κ2) is 8.20. The van der Waals surface area contributed by atoms with Gasteiger partial charge in [-0.15, -0.1) is 0 Å². The van der Waals surface area contributed by atoms with Gasteiger partial charge in [0.2, 0.25) is 0 Å². The van der Waals surface area contributed by atoms with Crippen molar-refractivity contribution >= 4 is 56.4 Å². The van der Waals surface area contributed by atoms with Crippen LogP contribution in [0.3, 0.4) is 0 Å². The lowest BCUT2D eigenvalue weighted by molar-refractivity contribution is 0.690. The van der Waals surface area contributed by atoms with E-state index in [0.717, 1.165) is 26.3 Å². The van der Waals surface area contributed by atoms with Crippen LogP contribution in [0.15, 0.2) is 53.1 Å². The van der Waals surface area contributed by atoms with E-state index in [1.54, 1.807) is 0 Å². The van der Waals surface area contributed by atoms with Crippen LogP contribution in [-0.2, 0) is 6.54 Å². The maximum Gasteiger partial charge on any atom is 0.176 e. The Morgan fingerprint density at radius 1 is 1.19 bits per heavy atom. The molecule has 2 aromatic carbocycles. The third-order valence-electron chi connectivity index (χ3n) is 3.88. The Kier molecular flexibility index (Phi) is 5.96. The lowest BCUT2D eigenvalue weighted by Gasteiger charge is -2.12. The molecule has 134 valence electrons. The Balaban J connectivity index is 1.70. The average molecular weight is 450 g/mol. The number of benzene rings is 2. The average Bonchev–Trinajstić information content (AvgIpc) is 2.92. The minimum absolute atomic E-state index is 0.488. The number of aromatic nitrogens is 2. The van der Waals surface area contributed by atoms with Crippen LogP contribution >= 0.6 is 39.7 Å². The van der Waals surface area contributed by atoms with Gasteiger partial charge in [0.15, 0.2) is 10.9 Å². The van der Waals surface area contributed by atoms with Crippen molar-refractivity contribution < 1.29 is 0 Å². The van der Waals surface area contributed by atoms with Crippen LogP contribution in [-0.4, -0.2) is 14.9 Å². The molecule has 0 saturated heterocycles. The van der Waals surface area contributed by atoms with E-state index in [2.05, 4.69) is 49.9 Å². The maximum absolute atomic E-state index is 6.22. The van der Waals surface area contributed by atoms with Gasteiger partial charge < -0.3 is 10.6 Å². The molecule has 0 saturated carbocycles. The molecule has 4 nitrogen and oxygen atoms in total. The summed E-state index contributed by atoms with van der Waals surface area (Å²) in [5.74, 6) is 0.653. The number of anilines is 2. The van der Waals surface area contributed by atoms with Gasteiger partial charge in [0.25, 0.3) is 0 Å². The summed E-state index contributed by atoms with van der Waals surface area (Å²) in [5.41, 5.74) is 4.29. The van der Waals surface area contributed by atoms with Gasteiger partial charge in [-0.25, -0.2) is 0 Å². The van der Waals surface area contributed by atoms with E-state index in [1.807, 2.05) is 49.0 Å². The summed E-state index contributed by atoms with van der Waals surface area (Å²) >= 11 is 15.2. The molecule has 0 amide bonds. The zero-order valence-electron chi connectivity index (χ0n) is 14.4. The molecule has 0 aliphatic rings. The Morgan fingerprint density at radius 3 is 2.73 bits per heavy atom. The predicted octanol–water partition coefficient (Wildman–Crippen LogP) is 5.77. The van der Waals surface area contributed by atoms with Crippen LogP contribution in [0.5, 0.6) is 0 Å². The molecule has 0 radical (unpaired) electrons. The van der Waals surface area contributed by atoms with Crippen molar-refractivity contribution in [2.75, 3.05) is 10.6 Å². The molecule has 0 aliphatic heterocycles. The predicted molar refractivity (Wildman–Crippen MR) is 116 cm³/mol. The smallest absolute Gasteiger partial charge is 0.176 e. The highest BCUT2D eigenvalue weighted by atomic mass is 79.9. The van der Waals surface area contributed by atoms with Crippen molar-refractivity contribution in [2.45, 2.75) is 20.4 Å². The van der Waals surface area contributed by atoms with Crippen molar-refractivity contribution in [1.82, 2.24) is 9.78 Å². The fourth-order valence-electron chi connectivity index (χ4n) is 2.50. The largest absolute Gasteiger partial charge is 0.332 e. The first-order valence-electron chi connectivity index (χ1n) is 8.04. The van der Waals surface area contributed by atoms with Crippen molar-refractivity contribution in [3.63, 3.8) is 0 Å². The van der Waals surface area contributed by atoms with Gasteiger partial charge in [-0.3, -0.25) is 4.68 Å². The molecule has 0 unspecified atom stereocenters. The number of hydrogen-bond donors (Lipinski definition) is 2. The summed E-state index contributed by atoms with van der Waals surface area (Å²) in [4.78, 5) is 0. The van der Waals surface area contributed by atoms with E-state index in [4.69, 9.17) is 23.8 Å². The van der Waals surface area contributed by atoms with Gasteiger partial charge in [-0.05, 0) is 70.8 Å². The number of hydrogen-bond acceptors (Lipinski definition) is 2. The Bertz CT molecular complexity index is 954. The van der Waals surface area contributed by atoms with Crippen LogP contribution in [0.2, 0.25) is 5.02 Å². The van der Waals surface area contributed by atoms with Crippen LogP contribution in [0, 0.1) is 13.8 Å². The highest BCUT2D eigenvalue weighted by Gasteiger charge is 2.10. The van der Waals surface area contributed by atoms with Gasteiger partial charge in [0.05, 0.1) is 11.0 Å². The minimum atomic E-state index is 0.488. The summed E-state index contributed by atoms with van der Waals surface area (Å²) in [5, 5.41) is 12.1. The summed E-state index contributed by atoms with van der Waals surface area (Å²) in [6.07, 6.45) is 1.90. The maximum atomic E-state index is 6.22. The molecule has 1 heterocycles. The lowest BCUT2D eigenvalue weighted by Crippen LogP contribution is -2.20. The van der Waals surface area contributed by atoms with E-state index < -0.39 is 0 Å². The third-order valence-corrected chi connectivity index (χ3v) is 5.03. The van der Waals surface area contributed by atoms with Gasteiger partial charge in [0.1, 0.15) is 0 Å². The van der Waals surface area contributed by atoms with Crippen LogP contribution < -0.4 is 10.6 Å². The zero-order valence-corrected chi connectivity index (χ0v) is 17.5. The number of nitrogens with one attached hydrogen (secondary N) is 2. The van der Waals surface area contributed by atoms with Gasteiger partial charge in [-0.2, -0.15) is 5.10 Å². The number of nitrogens with zero attached hydrogens (tertiary/aromatic N) is 2. The summed E-state index contributed by atoms with van der Waals surface area (Å²) < 4.78 is 2.64. The SMILES string of the molecule is Cc1ccc(C)c(NC(=S)Nc2nn(Cc3ccccc3Cl)cc2Br)c1. The summed E-state index contributed by atoms with van der Waals surface area (Å²) in [7, 11) is 0. The molecule has 0 aliphatic carbocycles. The zero-order chi connectivity index (χ0) is 18.7. The van der Waals surface area contributed by atoms with Crippen molar-refractivity contribution in [3.05, 3.63) is 74.8 Å². The molecule has 0 fully saturated rings. The second-order valence-electron chi connectivity index (χ2n) is 6.01. The normalized spacial score (nSPS) is 10.6. The Hall–Kier alpha value is -1.89. The van der Waals surface area contributed by atoms with E-state index in [1.165, 1.54) is 5.56 Å². The van der Waals surface area contributed by atoms with E-state index in [-0.39, 0.29) is 0 Å².